The van der Waals surface area contributed by atoms with Crippen LogP contribution in [0.5, 0.6) is 0 Å². The van der Waals surface area contributed by atoms with Gasteiger partial charge in [0.2, 0.25) is 5.91 Å². The van der Waals surface area contributed by atoms with Gasteiger partial charge in [0.15, 0.2) is 5.82 Å². The number of thiophene rings is 1. The summed E-state index contributed by atoms with van der Waals surface area (Å²) in [6.07, 6.45) is 13.6. The van der Waals surface area contributed by atoms with Gasteiger partial charge in [0.1, 0.15) is 5.71 Å². The maximum Gasteiger partial charge on any atom is 0.227 e. The molecular weight excluding hydrogens is 542 g/mol. The second-order valence-electron chi connectivity index (χ2n) is 11.3. The molecule has 9 heteroatoms. The molecule has 1 amide bonds. The Hall–Kier alpha value is -4.50. The summed E-state index contributed by atoms with van der Waals surface area (Å²) in [5, 5.41) is 7.81. The van der Waals surface area contributed by atoms with Gasteiger partial charge in [-0.2, -0.15) is 5.10 Å². The lowest BCUT2D eigenvalue weighted by molar-refractivity contribution is -0.120. The van der Waals surface area contributed by atoms with Crippen LogP contribution in [0.4, 0.5) is 5.69 Å². The van der Waals surface area contributed by atoms with Crippen molar-refractivity contribution in [3.05, 3.63) is 105 Å². The summed E-state index contributed by atoms with van der Waals surface area (Å²) in [4.78, 5) is 28.4. The average Bonchev–Trinajstić information content (AvgIpc) is 3.60. The molecule has 4 heterocycles. The molecule has 2 aliphatic carbocycles. The zero-order chi connectivity index (χ0) is 28.6. The van der Waals surface area contributed by atoms with Crippen molar-refractivity contribution >= 4 is 34.2 Å². The Kier molecular flexibility index (Phi) is 6.95. The lowest BCUT2D eigenvalue weighted by atomic mass is 9.88. The number of hydrazone groups is 1. The Balaban J connectivity index is 1.20. The van der Waals surface area contributed by atoms with Gasteiger partial charge >= 0.3 is 0 Å². The van der Waals surface area contributed by atoms with Crippen molar-refractivity contribution in [2.24, 2.45) is 16.8 Å². The summed E-state index contributed by atoms with van der Waals surface area (Å²) in [5.41, 5.74) is 18.8. The number of aryl methyl sites for hydroxylation is 1. The summed E-state index contributed by atoms with van der Waals surface area (Å²) in [6, 6.07) is 12.6. The maximum absolute atomic E-state index is 12.9. The van der Waals surface area contributed by atoms with Crippen molar-refractivity contribution < 1.29 is 4.79 Å². The zero-order valence-corrected chi connectivity index (χ0v) is 24.4. The Morgan fingerprint density at radius 3 is 2.76 bits per heavy atom. The minimum atomic E-state index is 0.0888. The number of anilines is 1. The highest BCUT2D eigenvalue weighted by Crippen LogP contribution is 2.34. The van der Waals surface area contributed by atoms with E-state index in [4.69, 9.17) is 15.8 Å². The van der Waals surface area contributed by atoms with Crippen LogP contribution in [0.15, 0.2) is 71.7 Å². The number of hydrogen-bond acceptors (Lipinski definition) is 7. The number of carbonyl (C=O) groups is 1. The van der Waals surface area contributed by atoms with Gasteiger partial charge in [-0.15, -0.1) is 11.3 Å². The Morgan fingerprint density at radius 2 is 1.93 bits per heavy atom. The summed E-state index contributed by atoms with van der Waals surface area (Å²) in [7, 11) is 0. The van der Waals surface area contributed by atoms with Gasteiger partial charge in [-0.25, -0.2) is 4.98 Å². The van der Waals surface area contributed by atoms with E-state index in [1.54, 1.807) is 17.5 Å². The van der Waals surface area contributed by atoms with Crippen LogP contribution in [0.25, 0.3) is 16.7 Å². The summed E-state index contributed by atoms with van der Waals surface area (Å²) in [6.45, 7) is 2.74. The van der Waals surface area contributed by atoms with Gasteiger partial charge in [0.05, 0.1) is 24.1 Å². The van der Waals surface area contributed by atoms with Crippen LogP contribution in [0, 0.1) is 12.8 Å². The van der Waals surface area contributed by atoms with E-state index < -0.39 is 0 Å². The molecule has 0 unspecified atom stereocenters. The number of benzene rings is 1. The molecule has 0 atom stereocenters. The Morgan fingerprint density at radius 1 is 1.05 bits per heavy atom. The molecule has 1 aliphatic heterocycles. The number of allylic oxidation sites excluding steroid dienone is 3. The fourth-order valence-corrected chi connectivity index (χ4v) is 6.93. The molecule has 212 valence electrons. The number of H-pyrrole nitrogens is 1. The van der Waals surface area contributed by atoms with E-state index in [9.17, 15) is 4.79 Å². The number of nitrogens with one attached hydrogen (secondary N) is 3. The van der Waals surface area contributed by atoms with Crippen molar-refractivity contribution in [2.45, 2.75) is 52.0 Å². The lowest BCUT2D eigenvalue weighted by Gasteiger charge is -2.21. The van der Waals surface area contributed by atoms with Crippen LogP contribution in [0.3, 0.4) is 0 Å². The quantitative estimate of drug-likeness (QED) is 0.231. The maximum atomic E-state index is 12.9. The number of aromatic nitrogens is 3. The number of rotatable bonds is 5. The Labute approximate surface area is 248 Å². The van der Waals surface area contributed by atoms with Gasteiger partial charge < -0.3 is 21.5 Å². The zero-order valence-electron chi connectivity index (χ0n) is 23.5. The van der Waals surface area contributed by atoms with Crippen molar-refractivity contribution in [3.63, 3.8) is 0 Å². The number of fused-ring (bicyclic) bond motifs is 2. The summed E-state index contributed by atoms with van der Waals surface area (Å²) < 4.78 is 0. The lowest BCUT2D eigenvalue weighted by Crippen LogP contribution is -2.24. The topological polar surface area (TPSA) is 121 Å². The van der Waals surface area contributed by atoms with E-state index in [1.165, 1.54) is 11.3 Å². The number of imidazole rings is 1. The van der Waals surface area contributed by atoms with E-state index in [-0.39, 0.29) is 11.8 Å². The minimum Gasteiger partial charge on any atom is -0.402 e. The van der Waals surface area contributed by atoms with Crippen molar-refractivity contribution in [2.75, 3.05) is 5.32 Å². The second-order valence-corrected chi connectivity index (χ2v) is 12.6. The van der Waals surface area contributed by atoms with E-state index in [0.717, 1.165) is 86.9 Å². The average molecular weight is 576 g/mol. The van der Waals surface area contributed by atoms with Gasteiger partial charge in [0.25, 0.3) is 0 Å². The predicted octanol–water partition coefficient (Wildman–Crippen LogP) is 6.05. The van der Waals surface area contributed by atoms with E-state index in [1.807, 2.05) is 18.3 Å². The second kappa shape index (κ2) is 11.1. The summed E-state index contributed by atoms with van der Waals surface area (Å²) >= 11 is 1.75. The number of nitrogens with zero attached hydrogens (tertiary/aromatic N) is 3. The molecule has 0 bridgehead atoms. The molecule has 0 radical (unpaired) electrons. The number of pyridine rings is 1. The van der Waals surface area contributed by atoms with Gasteiger partial charge in [-0.1, -0.05) is 31.4 Å². The molecule has 1 fully saturated rings. The smallest absolute Gasteiger partial charge is 0.227 e. The number of hydrogen-bond donors (Lipinski definition) is 4. The molecule has 8 nitrogen and oxygen atoms in total. The van der Waals surface area contributed by atoms with E-state index >= 15 is 0 Å². The van der Waals surface area contributed by atoms with Crippen molar-refractivity contribution in [1.82, 2.24) is 20.4 Å². The third-order valence-electron chi connectivity index (χ3n) is 8.25. The highest BCUT2D eigenvalue weighted by atomic mass is 32.1. The first-order chi connectivity index (χ1) is 20.5. The van der Waals surface area contributed by atoms with E-state index in [0.29, 0.717) is 18.8 Å². The van der Waals surface area contributed by atoms with Crippen LogP contribution in [0.2, 0.25) is 0 Å². The molecular formula is C33H33N7OS. The summed E-state index contributed by atoms with van der Waals surface area (Å²) in [5.74, 6) is 0.885. The van der Waals surface area contributed by atoms with Crippen LogP contribution >= 0.6 is 11.3 Å². The monoisotopic (exact) mass is 575 g/mol. The van der Waals surface area contributed by atoms with Crippen LogP contribution in [-0.2, 0) is 17.8 Å². The molecule has 3 aromatic heterocycles. The molecule has 3 aliphatic rings. The first-order valence-electron chi connectivity index (χ1n) is 14.5. The minimum absolute atomic E-state index is 0.0888. The third kappa shape index (κ3) is 5.16. The molecule has 0 saturated heterocycles. The van der Waals surface area contributed by atoms with Crippen LogP contribution in [0.1, 0.15) is 70.2 Å². The number of amides is 1. The molecule has 4 aromatic rings. The van der Waals surface area contributed by atoms with Gasteiger partial charge in [0, 0.05) is 56.4 Å². The van der Waals surface area contributed by atoms with Crippen LogP contribution in [-0.4, -0.2) is 26.6 Å². The first kappa shape index (κ1) is 26.4. The molecule has 0 spiro atoms. The highest BCUT2D eigenvalue weighted by molar-refractivity contribution is 7.13. The van der Waals surface area contributed by atoms with Gasteiger partial charge in [-0.05, 0) is 67.3 Å². The molecule has 1 saturated carbocycles. The fraction of sp³-hybridized carbons (Fsp3) is 0.273. The normalized spacial score (nSPS) is 16.7. The third-order valence-corrected chi connectivity index (χ3v) is 9.28. The predicted molar refractivity (Wildman–Crippen MR) is 168 cm³/mol. The van der Waals surface area contributed by atoms with Crippen molar-refractivity contribution in [3.8, 4) is 11.1 Å². The molecule has 7 rings (SSSR count). The SMILES string of the molecule is Cc1ccc(C2=CC=C(N)Cc3[nH]c(C4=NNCc5ccc(-c6cncc(NC(=O)C7CCCCC7)c6)cc54)nc32)s1. The standard InChI is InChI=1S/C33H33N7OS/c1-19-7-12-29(42-19)26-11-10-24(34)15-28-30(26)39-32(38-28)31-27-14-21(8-9-22(27)17-36-40-31)23-13-25(18-35-16-23)37-33(41)20-5-3-2-4-6-20/h7-14,16,18,20,36H,2-6,15,17,34H2,1H3,(H,37,41)(H,38,39). The van der Waals surface area contributed by atoms with Crippen LogP contribution < -0.4 is 16.5 Å². The van der Waals surface area contributed by atoms with E-state index in [2.05, 4.69) is 64.0 Å². The molecule has 42 heavy (non-hydrogen) atoms. The molecule has 5 N–H and O–H groups in total. The number of aromatic amines is 1. The highest BCUT2D eigenvalue weighted by Gasteiger charge is 2.25. The molecule has 1 aromatic carbocycles. The largest absolute Gasteiger partial charge is 0.402 e. The Bertz CT molecular complexity index is 1770. The van der Waals surface area contributed by atoms with Crippen molar-refractivity contribution in [1.29, 1.82) is 0 Å². The number of carbonyl (C=O) groups excluding carboxylic acids is 1. The van der Waals surface area contributed by atoms with Gasteiger partial charge in [-0.3, -0.25) is 9.78 Å². The fourth-order valence-electron chi connectivity index (χ4n) is 6.03. The number of nitrogens with two attached hydrogens (primary N) is 1. The first-order valence-corrected chi connectivity index (χ1v) is 15.4.